The molecule has 1 N–H and O–H groups in total. The van der Waals surface area contributed by atoms with Crippen molar-refractivity contribution in [3.8, 4) is 11.6 Å². The van der Waals surface area contributed by atoms with Crippen molar-refractivity contribution < 1.29 is 14.3 Å². The van der Waals surface area contributed by atoms with Crippen molar-refractivity contribution in [2.45, 2.75) is 44.2 Å². The van der Waals surface area contributed by atoms with Gasteiger partial charge < -0.3 is 19.7 Å². The number of nitrogens with zero attached hydrogens (tertiary/aromatic N) is 3. The summed E-state index contributed by atoms with van der Waals surface area (Å²) in [5.74, 6) is 2.38. The minimum Gasteiger partial charge on any atom is -0.489 e. The number of aromatic nitrogens is 2. The number of amides is 1. The van der Waals surface area contributed by atoms with Gasteiger partial charge in [-0.2, -0.15) is 0 Å². The Morgan fingerprint density at radius 1 is 1.25 bits per heavy atom. The van der Waals surface area contributed by atoms with Crippen LogP contribution in [0.25, 0.3) is 0 Å². The zero-order valence-corrected chi connectivity index (χ0v) is 16.2. The van der Waals surface area contributed by atoms with Crippen LogP contribution in [0.3, 0.4) is 0 Å². The molecule has 1 aliphatic carbocycles. The molecule has 1 saturated carbocycles. The molecule has 5 rings (SSSR count). The summed E-state index contributed by atoms with van der Waals surface area (Å²) in [5.41, 5.74) is 2.58. The Morgan fingerprint density at radius 2 is 2.04 bits per heavy atom. The molecule has 0 aromatic carbocycles. The standard InChI is InChI=1S/C21H24N4O3/c1-13-11-16-18(21(7-8-21)24-20(16)26)23-19(13)25-9-5-14(6-10-25)28-15-3-4-17(27-2)22-12-15/h3-4,11-12,14H,5-10H2,1-2H3,(H,24,26). The van der Waals surface area contributed by atoms with Crippen LogP contribution >= 0.6 is 0 Å². The Kier molecular flexibility index (Phi) is 3.92. The predicted octanol–water partition coefficient (Wildman–Crippen LogP) is 2.57. The molecule has 2 fully saturated rings. The molecule has 28 heavy (non-hydrogen) atoms. The van der Waals surface area contributed by atoms with Crippen LogP contribution in [0.2, 0.25) is 0 Å². The molecule has 7 heteroatoms. The molecule has 3 aliphatic rings. The predicted molar refractivity (Wildman–Crippen MR) is 104 cm³/mol. The van der Waals surface area contributed by atoms with Gasteiger partial charge in [0.05, 0.1) is 30.1 Å². The van der Waals surface area contributed by atoms with Crippen molar-refractivity contribution in [3.63, 3.8) is 0 Å². The van der Waals surface area contributed by atoms with E-state index >= 15 is 0 Å². The largest absolute Gasteiger partial charge is 0.489 e. The number of carbonyl (C=O) groups excluding carboxylic acids is 1. The molecule has 146 valence electrons. The number of rotatable bonds is 4. The van der Waals surface area contributed by atoms with E-state index in [-0.39, 0.29) is 17.6 Å². The maximum absolute atomic E-state index is 12.2. The van der Waals surface area contributed by atoms with Crippen LogP contribution < -0.4 is 19.7 Å². The van der Waals surface area contributed by atoms with Crippen LogP contribution in [0, 0.1) is 6.92 Å². The summed E-state index contributed by atoms with van der Waals surface area (Å²) in [7, 11) is 1.60. The topological polar surface area (TPSA) is 76.6 Å². The average Bonchev–Trinajstić information content (AvgIpc) is 3.44. The number of hydrogen-bond donors (Lipinski definition) is 1. The summed E-state index contributed by atoms with van der Waals surface area (Å²) < 4.78 is 11.2. The number of anilines is 1. The van der Waals surface area contributed by atoms with Crippen LogP contribution in [0.5, 0.6) is 11.6 Å². The quantitative estimate of drug-likeness (QED) is 0.879. The third-order valence-corrected chi connectivity index (χ3v) is 5.95. The zero-order valence-electron chi connectivity index (χ0n) is 16.2. The fourth-order valence-electron chi connectivity index (χ4n) is 4.23. The third kappa shape index (κ3) is 2.85. The van der Waals surface area contributed by atoms with E-state index in [9.17, 15) is 4.79 Å². The highest BCUT2D eigenvalue weighted by molar-refractivity contribution is 6.00. The fraction of sp³-hybridized carbons (Fsp3) is 0.476. The van der Waals surface area contributed by atoms with Crippen molar-refractivity contribution in [1.82, 2.24) is 15.3 Å². The molecule has 1 spiro atoms. The lowest BCUT2D eigenvalue weighted by Gasteiger charge is -2.34. The summed E-state index contributed by atoms with van der Waals surface area (Å²) in [6, 6.07) is 5.71. The molecule has 0 atom stereocenters. The lowest BCUT2D eigenvalue weighted by Crippen LogP contribution is -2.39. The van der Waals surface area contributed by atoms with Gasteiger partial charge in [-0.25, -0.2) is 9.97 Å². The molecule has 2 aliphatic heterocycles. The van der Waals surface area contributed by atoms with Gasteiger partial charge in [0.25, 0.3) is 5.91 Å². The Morgan fingerprint density at radius 3 is 2.68 bits per heavy atom. The van der Waals surface area contributed by atoms with Crippen molar-refractivity contribution in [2.24, 2.45) is 0 Å². The first-order valence-electron chi connectivity index (χ1n) is 9.84. The van der Waals surface area contributed by atoms with Gasteiger partial charge in [-0.15, -0.1) is 0 Å². The van der Waals surface area contributed by atoms with Crippen LogP contribution in [-0.2, 0) is 5.54 Å². The molecular weight excluding hydrogens is 356 g/mol. The van der Waals surface area contributed by atoms with E-state index in [1.165, 1.54) is 0 Å². The number of fused-ring (bicyclic) bond motifs is 2. The van der Waals surface area contributed by atoms with Gasteiger partial charge in [0.15, 0.2) is 0 Å². The molecule has 0 bridgehead atoms. The van der Waals surface area contributed by atoms with Gasteiger partial charge in [0, 0.05) is 32.0 Å². The van der Waals surface area contributed by atoms with Crippen molar-refractivity contribution in [3.05, 3.63) is 41.2 Å². The molecule has 0 radical (unpaired) electrons. The van der Waals surface area contributed by atoms with Gasteiger partial charge in [0.1, 0.15) is 17.7 Å². The second kappa shape index (κ2) is 6.36. The number of pyridine rings is 2. The van der Waals surface area contributed by atoms with Crippen molar-refractivity contribution in [1.29, 1.82) is 0 Å². The molecule has 4 heterocycles. The number of methoxy groups -OCH3 is 1. The van der Waals surface area contributed by atoms with E-state index in [0.29, 0.717) is 5.88 Å². The first-order chi connectivity index (χ1) is 13.6. The monoisotopic (exact) mass is 380 g/mol. The van der Waals surface area contributed by atoms with Crippen LogP contribution in [0.15, 0.2) is 24.4 Å². The third-order valence-electron chi connectivity index (χ3n) is 5.95. The summed E-state index contributed by atoms with van der Waals surface area (Å²) in [5, 5.41) is 3.11. The molecule has 1 saturated heterocycles. The molecule has 0 unspecified atom stereocenters. The maximum Gasteiger partial charge on any atom is 0.253 e. The van der Waals surface area contributed by atoms with Gasteiger partial charge in [0.2, 0.25) is 5.88 Å². The highest BCUT2D eigenvalue weighted by Crippen LogP contribution is 2.50. The highest BCUT2D eigenvalue weighted by atomic mass is 16.5. The number of hydrogen-bond acceptors (Lipinski definition) is 6. The number of carbonyl (C=O) groups is 1. The van der Waals surface area contributed by atoms with E-state index in [4.69, 9.17) is 14.5 Å². The van der Waals surface area contributed by atoms with Crippen LogP contribution in [0.4, 0.5) is 5.82 Å². The maximum atomic E-state index is 12.2. The summed E-state index contributed by atoms with van der Waals surface area (Å²) in [6.07, 6.45) is 5.70. The second-order valence-corrected chi connectivity index (χ2v) is 7.90. The minimum atomic E-state index is -0.183. The van der Waals surface area contributed by atoms with Gasteiger partial charge >= 0.3 is 0 Å². The molecular formula is C21H24N4O3. The summed E-state index contributed by atoms with van der Waals surface area (Å²) >= 11 is 0. The summed E-state index contributed by atoms with van der Waals surface area (Å²) in [4.78, 5) is 23.7. The molecule has 1 amide bonds. The van der Waals surface area contributed by atoms with Crippen LogP contribution in [0.1, 0.15) is 47.3 Å². The fourth-order valence-corrected chi connectivity index (χ4v) is 4.23. The van der Waals surface area contributed by atoms with Gasteiger partial charge in [-0.3, -0.25) is 4.79 Å². The smallest absolute Gasteiger partial charge is 0.253 e. The zero-order chi connectivity index (χ0) is 19.3. The first kappa shape index (κ1) is 17.3. The highest BCUT2D eigenvalue weighted by Gasteiger charge is 2.54. The van der Waals surface area contributed by atoms with Crippen LogP contribution in [-0.4, -0.2) is 42.2 Å². The number of piperidine rings is 1. The van der Waals surface area contributed by atoms with Crippen molar-refractivity contribution in [2.75, 3.05) is 25.1 Å². The number of nitrogens with one attached hydrogen (secondary N) is 1. The lowest BCUT2D eigenvalue weighted by molar-refractivity contribution is 0.0952. The van der Waals surface area contributed by atoms with Gasteiger partial charge in [-0.1, -0.05) is 0 Å². The molecule has 7 nitrogen and oxygen atoms in total. The van der Waals surface area contributed by atoms with E-state index in [2.05, 4.69) is 15.2 Å². The summed E-state index contributed by atoms with van der Waals surface area (Å²) in [6.45, 7) is 3.81. The molecule has 2 aromatic rings. The number of aryl methyl sites for hydroxylation is 1. The lowest BCUT2D eigenvalue weighted by atomic mass is 10.0. The van der Waals surface area contributed by atoms with E-state index in [1.807, 2.05) is 25.1 Å². The van der Waals surface area contributed by atoms with Crippen molar-refractivity contribution >= 4 is 11.7 Å². The van der Waals surface area contributed by atoms with E-state index in [0.717, 1.165) is 67.2 Å². The Balaban J connectivity index is 1.28. The minimum absolute atomic E-state index is 0.0230. The Hall–Kier alpha value is -2.83. The number of ether oxygens (including phenoxy) is 2. The Bertz CT molecular complexity index is 916. The van der Waals surface area contributed by atoms with E-state index in [1.54, 1.807) is 13.3 Å². The Labute approximate surface area is 164 Å². The normalized spacial score (nSPS) is 20.1. The SMILES string of the molecule is COc1ccc(OC2CCN(c3nc4c(cc3C)C(=O)NC43CC3)CC2)cn1. The average molecular weight is 380 g/mol. The van der Waals surface area contributed by atoms with E-state index < -0.39 is 0 Å². The van der Waals surface area contributed by atoms with Gasteiger partial charge in [-0.05, 0) is 37.5 Å². The second-order valence-electron chi connectivity index (χ2n) is 7.90. The molecule has 2 aromatic heterocycles. The first-order valence-corrected chi connectivity index (χ1v) is 9.84.